The second-order valence-corrected chi connectivity index (χ2v) is 6.30. The van der Waals surface area contributed by atoms with Gasteiger partial charge in [0.2, 0.25) is 0 Å². The predicted molar refractivity (Wildman–Crippen MR) is 69.0 cm³/mol. The molecule has 3 atom stereocenters. The highest BCUT2D eigenvalue weighted by molar-refractivity contribution is 5.99. The first-order valence-electron chi connectivity index (χ1n) is 6.71. The van der Waals surface area contributed by atoms with E-state index in [1.54, 1.807) is 0 Å². The van der Waals surface area contributed by atoms with Crippen LogP contribution in [0.3, 0.4) is 0 Å². The first-order chi connectivity index (χ1) is 8.25. The van der Waals surface area contributed by atoms with Gasteiger partial charge in [-0.25, -0.2) is 0 Å². The van der Waals surface area contributed by atoms with E-state index in [9.17, 15) is 14.7 Å². The molecule has 0 saturated heterocycles. The lowest BCUT2D eigenvalue weighted by molar-refractivity contribution is -0.158. The van der Waals surface area contributed by atoms with Gasteiger partial charge in [-0.05, 0) is 30.8 Å². The summed E-state index contributed by atoms with van der Waals surface area (Å²) in [6, 6.07) is 0. The van der Waals surface area contributed by atoms with Crippen LogP contribution >= 0.6 is 0 Å². The molecule has 1 fully saturated rings. The summed E-state index contributed by atoms with van der Waals surface area (Å²) >= 11 is 0. The molecule has 0 aromatic heterocycles. The standard InChI is InChI=1S/C15H22O3/c1-9(2)15(18)13(17)7-11(4)14(15)6-5-10(3)12(16)8-14/h5,9,11,18H,6-8H2,1-4H3/t11-,14-,15+/m0/s1. The van der Waals surface area contributed by atoms with Crippen LogP contribution in [0.5, 0.6) is 0 Å². The fourth-order valence-corrected chi connectivity index (χ4v) is 3.79. The molecule has 2 aliphatic rings. The maximum Gasteiger partial charge on any atom is 0.165 e. The van der Waals surface area contributed by atoms with Gasteiger partial charge in [-0.15, -0.1) is 0 Å². The van der Waals surface area contributed by atoms with Crippen LogP contribution in [-0.4, -0.2) is 22.3 Å². The lowest BCUT2D eigenvalue weighted by Crippen LogP contribution is -2.55. The van der Waals surface area contributed by atoms with Crippen molar-refractivity contribution in [3.8, 4) is 0 Å². The molecule has 3 heteroatoms. The van der Waals surface area contributed by atoms with Crippen molar-refractivity contribution in [2.24, 2.45) is 17.3 Å². The normalized spacial score (nSPS) is 40.8. The maximum atomic E-state index is 12.2. The summed E-state index contributed by atoms with van der Waals surface area (Å²) in [6.07, 6.45) is 3.21. The van der Waals surface area contributed by atoms with E-state index in [2.05, 4.69) is 0 Å². The Bertz CT molecular complexity index is 435. The van der Waals surface area contributed by atoms with E-state index in [0.717, 1.165) is 5.57 Å². The minimum atomic E-state index is -1.35. The molecule has 0 unspecified atom stereocenters. The minimum absolute atomic E-state index is 0.0608. The van der Waals surface area contributed by atoms with E-state index >= 15 is 0 Å². The van der Waals surface area contributed by atoms with Crippen LogP contribution in [0.1, 0.15) is 47.0 Å². The lowest BCUT2D eigenvalue weighted by atomic mass is 9.58. The molecular formula is C15H22O3. The van der Waals surface area contributed by atoms with Crippen molar-refractivity contribution in [1.82, 2.24) is 0 Å². The Morgan fingerprint density at radius 3 is 2.50 bits per heavy atom. The molecule has 1 N–H and O–H groups in total. The van der Waals surface area contributed by atoms with Gasteiger partial charge < -0.3 is 5.11 Å². The average molecular weight is 250 g/mol. The topological polar surface area (TPSA) is 54.4 Å². The van der Waals surface area contributed by atoms with E-state index in [1.807, 2.05) is 33.8 Å². The van der Waals surface area contributed by atoms with Gasteiger partial charge >= 0.3 is 0 Å². The van der Waals surface area contributed by atoms with E-state index in [-0.39, 0.29) is 23.4 Å². The number of allylic oxidation sites excluding steroid dienone is 2. The molecule has 2 rings (SSSR count). The molecule has 0 bridgehead atoms. The summed E-state index contributed by atoms with van der Waals surface area (Å²) in [4.78, 5) is 24.3. The highest BCUT2D eigenvalue weighted by atomic mass is 16.3. The Labute approximate surface area is 108 Å². The highest BCUT2D eigenvalue weighted by Crippen LogP contribution is 2.57. The molecule has 1 spiro atoms. The number of hydrogen-bond donors (Lipinski definition) is 1. The third-order valence-electron chi connectivity index (χ3n) is 5.14. The van der Waals surface area contributed by atoms with Crippen molar-refractivity contribution < 1.29 is 14.7 Å². The van der Waals surface area contributed by atoms with Crippen molar-refractivity contribution in [2.45, 2.75) is 52.6 Å². The second-order valence-electron chi connectivity index (χ2n) is 6.30. The van der Waals surface area contributed by atoms with Gasteiger partial charge in [0.1, 0.15) is 5.60 Å². The van der Waals surface area contributed by atoms with Crippen LogP contribution in [0.4, 0.5) is 0 Å². The number of aliphatic hydroxyl groups is 1. The number of carbonyl (C=O) groups is 2. The van der Waals surface area contributed by atoms with E-state index in [0.29, 0.717) is 19.3 Å². The average Bonchev–Trinajstić information content (AvgIpc) is 2.47. The maximum absolute atomic E-state index is 12.2. The Morgan fingerprint density at radius 2 is 2.00 bits per heavy atom. The second kappa shape index (κ2) is 4.02. The molecule has 0 aliphatic heterocycles. The summed E-state index contributed by atoms with van der Waals surface area (Å²) in [7, 11) is 0. The largest absolute Gasteiger partial charge is 0.381 e. The molecule has 0 aromatic carbocycles. The molecule has 0 aromatic rings. The summed E-state index contributed by atoms with van der Waals surface area (Å²) in [6.45, 7) is 7.53. The summed E-state index contributed by atoms with van der Waals surface area (Å²) < 4.78 is 0. The third-order valence-corrected chi connectivity index (χ3v) is 5.14. The van der Waals surface area contributed by atoms with Crippen molar-refractivity contribution in [1.29, 1.82) is 0 Å². The first kappa shape index (κ1) is 13.5. The Kier molecular flexibility index (Phi) is 3.01. The van der Waals surface area contributed by atoms with Crippen LogP contribution in [-0.2, 0) is 9.59 Å². The van der Waals surface area contributed by atoms with Crippen molar-refractivity contribution in [3.63, 3.8) is 0 Å². The summed E-state index contributed by atoms with van der Waals surface area (Å²) in [5.74, 6) is -0.118. The van der Waals surface area contributed by atoms with Crippen molar-refractivity contribution in [2.75, 3.05) is 0 Å². The van der Waals surface area contributed by atoms with E-state index < -0.39 is 11.0 Å². The lowest BCUT2D eigenvalue weighted by Gasteiger charge is -2.47. The third kappa shape index (κ3) is 1.46. The zero-order chi connectivity index (χ0) is 13.7. The van der Waals surface area contributed by atoms with Crippen LogP contribution < -0.4 is 0 Å². The Morgan fingerprint density at radius 1 is 1.39 bits per heavy atom. The number of carbonyl (C=O) groups excluding carboxylic acids is 2. The van der Waals surface area contributed by atoms with E-state index in [4.69, 9.17) is 0 Å². The molecule has 3 nitrogen and oxygen atoms in total. The van der Waals surface area contributed by atoms with Gasteiger partial charge in [0.05, 0.1) is 0 Å². The minimum Gasteiger partial charge on any atom is -0.381 e. The highest BCUT2D eigenvalue weighted by Gasteiger charge is 2.64. The number of rotatable bonds is 1. The van der Waals surface area contributed by atoms with Crippen molar-refractivity contribution >= 4 is 11.6 Å². The molecule has 0 radical (unpaired) electrons. The van der Waals surface area contributed by atoms with Crippen LogP contribution in [0, 0.1) is 17.3 Å². The monoisotopic (exact) mass is 250 g/mol. The van der Waals surface area contributed by atoms with Gasteiger partial charge in [0, 0.05) is 18.3 Å². The first-order valence-corrected chi connectivity index (χ1v) is 6.71. The van der Waals surface area contributed by atoms with Gasteiger partial charge in [0.15, 0.2) is 11.6 Å². The van der Waals surface area contributed by atoms with Gasteiger partial charge in [0.25, 0.3) is 0 Å². The fourth-order valence-electron chi connectivity index (χ4n) is 3.79. The molecule has 0 heterocycles. The van der Waals surface area contributed by atoms with Crippen LogP contribution in [0.2, 0.25) is 0 Å². The Hall–Kier alpha value is -0.960. The number of Topliss-reactive ketones (excluding diaryl/α,β-unsaturated/α-hetero) is 2. The van der Waals surface area contributed by atoms with Crippen LogP contribution in [0.15, 0.2) is 11.6 Å². The molecule has 0 amide bonds. The quantitative estimate of drug-likeness (QED) is 0.776. The van der Waals surface area contributed by atoms with E-state index in [1.165, 1.54) is 0 Å². The number of ketones is 2. The van der Waals surface area contributed by atoms with Gasteiger partial charge in [-0.2, -0.15) is 0 Å². The molecule has 100 valence electrons. The Balaban J connectivity index is 2.53. The van der Waals surface area contributed by atoms with Crippen molar-refractivity contribution in [3.05, 3.63) is 11.6 Å². The zero-order valence-corrected chi connectivity index (χ0v) is 11.6. The predicted octanol–water partition coefficient (Wildman–Crippen LogP) is 2.28. The summed E-state index contributed by atoms with van der Waals surface area (Å²) in [5.41, 5.74) is -1.17. The van der Waals surface area contributed by atoms with Gasteiger partial charge in [-0.3, -0.25) is 9.59 Å². The SMILES string of the molecule is CC1=CC[C@]2(CC1=O)[C@@H](C)CC(=O)[C@]2(O)C(C)C. The number of hydrogen-bond acceptors (Lipinski definition) is 3. The molecule has 18 heavy (non-hydrogen) atoms. The molecule has 2 aliphatic carbocycles. The summed E-state index contributed by atoms with van der Waals surface area (Å²) in [5, 5.41) is 11.0. The molecular weight excluding hydrogens is 228 g/mol. The molecule has 1 saturated carbocycles. The van der Waals surface area contributed by atoms with Crippen LogP contribution in [0.25, 0.3) is 0 Å². The van der Waals surface area contributed by atoms with Gasteiger partial charge in [-0.1, -0.05) is 26.8 Å². The fraction of sp³-hybridized carbons (Fsp3) is 0.733. The smallest absolute Gasteiger partial charge is 0.165 e. The zero-order valence-electron chi connectivity index (χ0n) is 11.6.